The minimum absolute atomic E-state index is 0.245. The van der Waals surface area contributed by atoms with Crippen LogP contribution in [0.15, 0.2) is 0 Å². The van der Waals surface area contributed by atoms with E-state index >= 15 is 0 Å². The Morgan fingerprint density at radius 1 is 0.366 bits per heavy atom. The van der Waals surface area contributed by atoms with Gasteiger partial charge in [-0.25, -0.2) is 0 Å². The first-order chi connectivity index (χ1) is 19.2. The molecule has 0 spiro atoms. The summed E-state index contributed by atoms with van der Waals surface area (Å²) in [5, 5.41) is 16.7. The van der Waals surface area contributed by atoms with Gasteiger partial charge in [0.2, 0.25) is 0 Å². The van der Waals surface area contributed by atoms with Crippen molar-refractivity contribution in [3.05, 3.63) is 0 Å². The van der Waals surface area contributed by atoms with Gasteiger partial charge in [-0.15, -0.1) is 0 Å². The molecular formula is C28H46O13. The Hall–Kier alpha value is -3.64. The van der Waals surface area contributed by atoms with Gasteiger partial charge >= 0.3 is 47.8 Å². The molecule has 2 N–H and O–H groups in total. The molecule has 0 saturated heterocycles. The largest absolute Gasteiger partial charge is 0.481 e. The maximum absolute atomic E-state index is 11.0. The first kappa shape index (κ1) is 41.8. The zero-order valence-electron chi connectivity index (χ0n) is 24.7. The second-order valence-electron chi connectivity index (χ2n) is 9.05. The summed E-state index contributed by atoms with van der Waals surface area (Å²) in [5.74, 6) is -4.72. The van der Waals surface area contributed by atoms with Gasteiger partial charge in [-0.2, -0.15) is 0 Å². The quantitative estimate of drug-likeness (QED) is 0.0965. The standard InChI is InChI=1S/C14H22O6.C10H18O4.C4H6O3/c1-11(15)19-13(17)9-7-5-3-4-6-8-10-14(18)20-12(2)16;11-9(12)7-5-3-1-2-4-6-8-10(13)14;1-3(5)7-4(2)6/h3-10H2,1-2H3;1-8H2,(H,11,12)(H,13,14);1-2H3. The number of carboxylic acid groups (broad SMARTS) is 2. The molecular weight excluding hydrogens is 544 g/mol. The predicted molar refractivity (Wildman–Crippen MR) is 145 cm³/mol. The number of carbonyl (C=O) groups is 8. The summed E-state index contributed by atoms with van der Waals surface area (Å²) >= 11 is 0. The summed E-state index contributed by atoms with van der Waals surface area (Å²) in [6.45, 7) is 4.77. The SMILES string of the molecule is CC(=O)OC(=O)CCCCCCCCC(=O)OC(C)=O.CC(=O)OC(C)=O.O=C(O)CCCCCCCCC(=O)O. The molecule has 0 unspecified atom stereocenters. The summed E-state index contributed by atoms with van der Waals surface area (Å²) in [7, 11) is 0. The van der Waals surface area contributed by atoms with Gasteiger partial charge in [-0.3, -0.25) is 38.4 Å². The maximum Gasteiger partial charge on any atom is 0.313 e. The van der Waals surface area contributed by atoms with E-state index in [2.05, 4.69) is 14.2 Å². The van der Waals surface area contributed by atoms with E-state index in [9.17, 15) is 38.4 Å². The molecule has 0 bridgehead atoms. The molecule has 0 atom stereocenters. The van der Waals surface area contributed by atoms with Crippen molar-refractivity contribution in [3.8, 4) is 0 Å². The Morgan fingerprint density at radius 3 is 0.780 bits per heavy atom. The van der Waals surface area contributed by atoms with Crippen molar-refractivity contribution in [2.75, 3.05) is 0 Å². The Balaban J connectivity index is -0.000000594. The zero-order valence-corrected chi connectivity index (χ0v) is 24.7. The van der Waals surface area contributed by atoms with Gasteiger partial charge in [0.15, 0.2) is 0 Å². The van der Waals surface area contributed by atoms with E-state index in [1.54, 1.807) is 0 Å². The highest BCUT2D eigenvalue weighted by Crippen LogP contribution is 2.10. The van der Waals surface area contributed by atoms with Crippen molar-refractivity contribution >= 4 is 47.8 Å². The lowest BCUT2D eigenvalue weighted by Crippen LogP contribution is -2.08. The highest BCUT2D eigenvalue weighted by atomic mass is 16.6. The van der Waals surface area contributed by atoms with Crippen LogP contribution < -0.4 is 0 Å². The topological polar surface area (TPSA) is 205 Å². The summed E-state index contributed by atoms with van der Waals surface area (Å²) < 4.78 is 12.8. The van der Waals surface area contributed by atoms with Crippen LogP contribution in [-0.4, -0.2) is 58.0 Å². The van der Waals surface area contributed by atoms with Crippen LogP contribution in [0.25, 0.3) is 0 Å². The van der Waals surface area contributed by atoms with E-state index in [-0.39, 0.29) is 25.7 Å². The third-order valence-electron chi connectivity index (χ3n) is 4.85. The fraction of sp³-hybridized carbons (Fsp3) is 0.714. The van der Waals surface area contributed by atoms with Crippen LogP contribution in [0.4, 0.5) is 0 Å². The molecule has 0 heterocycles. The summed E-state index contributed by atoms with van der Waals surface area (Å²) in [6.07, 6.45) is 11.4. The van der Waals surface area contributed by atoms with Crippen LogP contribution >= 0.6 is 0 Å². The molecule has 0 aromatic carbocycles. The Kier molecular flexibility index (Phi) is 29.9. The van der Waals surface area contributed by atoms with Crippen molar-refractivity contribution in [3.63, 3.8) is 0 Å². The van der Waals surface area contributed by atoms with Gasteiger partial charge in [0.1, 0.15) is 0 Å². The number of carbonyl (C=O) groups excluding carboxylic acids is 6. The average Bonchev–Trinajstić information content (AvgIpc) is 2.81. The predicted octanol–water partition coefficient (Wildman–Crippen LogP) is 4.66. The lowest BCUT2D eigenvalue weighted by molar-refractivity contribution is -0.160. The summed E-state index contributed by atoms with van der Waals surface area (Å²) in [4.78, 5) is 82.9. The van der Waals surface area contributed by atoms with Crippen molar-refractivity contribution in [2.45, 2.75) is 130 Å². The molecule has 0 aromatic heterocycles. The molecule has 0 amide bonds. The molecule has 236 valence electrons. The fourth-order valence-corrected chi connectivity index (χ4v) is 3.13. The highest BCUT2D eigenvalue weighted by molar-refractivity contribution is 5.84. The maximum atomic E-state index is 11.0. The molecule has 0 aliphatic carbocycles. The van der Waals surface area contributed by atoms with Gasteiger partial charge in [-0.1, -0.05) is 51.4 Å². The van der Waals surface area contributed by atoms with E-state index in [4.69, 9.17) is 10.2 Å². The molecule has 0 aromatic rings. The molecule has 13 heteroatoms. The van der Waals surface area contributed by atoms with E-state index in [0.29, 0.717) is 12.8 Å². The van der Waals surface area contributed by atoms with Gasteiger partial charge in [0.25, 0.3) is 0 Å². The van der Waals surface area contributed by atoms with Gasteiger partial charge in [0, 0.05) is 53.4 Å². The molecule has 13 nitrogen and oxygen atoms in total. The second-order valence-corrected chi connectivity index (χ2v) is 9.05. The number of rotatable bonds is 18. The monoisotopic (exact) mass is 590 g/mol. The highest BCUT2D eigenvalue weighted by Gasteiger charge is 2.06. The van der Waals surface area contributed by atoms with Crippen LogP contribution in [0, 0.1) is 0 Å². The van der Waals surface area contributed by atoms with Crippen LogP contribution in [0.5, 0.6) is 0 Å². The average molecular weight is 591 g/mol. The molecule has 0 aliphatic heterocycles. The van der Waals surface area contributed by atoms with Gasteiger partial charge in [-0.05, 0) is 25.7 Å². The number of aliphatic carboxylic acids is 2. The molecule has 0 rings (SSSR count). The second kappa shape index (κ2) is 29.3. The Labute approximate surface area is 241 Å². The zero-order chi connectivity index (χ0) is 32.1. The number of hydrogen-bond acceptors (Lipinski definition) is 11. The number of hydrogen-bond donors (Lipinski definition) is 2. The summed E-state index contributed by atoms with van der Waals surface area (Å²) in [5.41, 5.74) is 0. The van der Waals surface area contributed by atoms with Crippen LogP contribution in [0.2, 0.25) is 0 Å². The third kappa shape index (κ3) is 46.6. The molecule has 0 fully saturated rings. The number of ether oxygens (including phenoxy) is 3. The van der Waals surface area contributed by atoms with Crippen molar-refractivity contribution in [1.82, 2.24) is 0 Å². The fourth-order valence-electron chi connectivity index (χ4n) is 3.13. The Bertz CT molecular complexity index is 752. The lowest BCUT2D eigenvalue weighted by atomic mass is 10.1. The normalized spacial score (nSPS) is 9.56. The summed E-state index contributed by atoms with van der Waals surface area (Å²) in [6, 6.07) is 0. The molecule has 0 aliphatic rings. The van der Waals surface area contributed by atoms with Gasteiger partial charge < -0.3 is 24.4 Å². The molecule has 41 heavy (non-hydrogen) atoms. The molecule has 0 radical (unpaired) electrons. The first-order valence-corrected chi connectivity index (χ1v) is 13.7. The van der Waals surface area contributed by atoms with E-state index in [1.807, 2.05) is 0 Å². The number of esters is 6. The Morgan fingerprint density at radius 2 is 0.585 bits per heavy atom. The van der Waals surface area contributed by atoms with Crippen LogP contribution in [0.3, 0.4) is 0 Å². The van der Waals surface area contributed by atoms with Crippen LogP contribution in [-0.2, 0) is 52.6 Å². The minimum Gasteiger partial charge on any atom is -0.481 e. The smallest absolute Gasteiger partial charge is 0.313 e. The van der Waals surface area contributed by atoms with E-state index < -0.39 is 47.8 Å². The molecule has 0 saturated carbocycles. The van der Waals surface area contributed by atoms with E-state index in [1.165, 1.54) is 27.7 Å². The van der Waals surface area contributed by atoms with Crippen molar-refractivity contribution in [2.24, 2.45) is 0 Å². The lowest BCUT2D eigenvalue weighted by Gasteiger charge is -2.02. The number of carboxylic acids is 2. The third-order valence-corrected chi connectivity index (χ3v) is 4.85. The minimum atomic E-state index is -0.740. The van der Waals surface area contributed by atoms with Gasteiger partial charge in [0.05, 0.1) is 0 Å². The van der Waals surface area contributed by atoms with Crippen molar-refractivity contribution in [1.29, 1.82) is 0 Å². The van der Waals surface area contributed by atoms with Crippen molar-refractivity contribution < 1.29 is 62.8 Å². The first-order valence-electron chi connectivity index (χ1n) is 13.7. The van der Waals surface area contributed by atoms with E-state index in [0.717, 1.165) is 64.2 Å². The van der Waals surface area contributed by atoms with Crippen LogP contribution in [0.1, 0.15) is 130 Å². The number of unbranched alkanes of at least 4 members (excludes halogenated alkanes) is 10.